The van der Waals surface area contributed by atoms with Gasteiger partial charge in [0.2, 0.25) is 5.91 Å². The fourth-order valence-corrected chi connectivity index (χ4v) is 2.07. The van der Waals surface area contributed by atoms with Crippen molar-refractivity contribution in [3.63, 3.8) is 0 Å². The van der Waals surface area contributed by atoms with Gasteiger partial charge in [-0.15, -0.1) is 0 Å². The molecule has 1 saturated carbocycles. The van der Waals surface area contributed by atoms with Crippen molar-refractivity contribution < 1.29 is 14.6 Å². The highest BCUT2D eigenvalue weighted by molar-refractivity contribution is 5.76. The summed E-state index contributed by atoms with van der Waals surface area (Å²) in [6.45, 7) is 1.94. The number of nitrogens with one attached hydrogen (secondary N) is 1. The predicted molar refractivity (Wildman–Crippen MR) is 73.1 cm³/mol. The zero-order valence-electron chi connectivity index (χ0n) is 11.5. The molecule has 0 bridgehead atoms. The summed E-state index contributed by atoms with van der Waals surface area (Å²) in [4.78, 5) is 11.6. The van der Waals surface area contributed by atoms with Crippen molar-refractivity contribution in [1.82, 2.24) is 5.32 Å². The molecule has 2 N–H and O–H groups in total. The first kappa shape index (κ1) is 13.9. The monoisotopic (exact) mass is 263 g/mol. The van der Waals surface area contributed by atoms with E-state index in [9.17, 15) is 9.90 Å². The highest BCUT2D eigenvalue weighted by Gasteiger charge is 2.23. The van der Waals surface area contributed by atoms with E-state index in [1.165, 1.54) is 0 Å². The third-order valence-electron chi connectivity index (χ3n) is 3.39. The van der Waals surface area contributed by atoms with E-state index in [2.05, 4.69) is 5.32 Å². The van der Waals surface area contributed by atoms with Crippen LogP contribution in [0.1, 0.15) is 42.9 Å². The number of rotatable bonds is 6. The Bertz CT molecular complexity index is 455. The molecule has 2 rings (SSSR count). The van der Waals surface area contributed by atoms with Crippen LogP contribution in [-0.4, -0.2) is 24.2 Å². The molecule has 1 amide bonds. The van der Waals surface area contributed by atoms with E-state index in [-0.39, 0.29) is 5.91 Å². The first-order chi connectivity index (χ1) is 9.10. The van der Waals surface area contributed by atoms with Crippen LogP contribution >= 0.6 is 0 Å². The fourth-order valence-electron chi connectivity index (χ4n) is 2.07. The number of hydrogen-bond acceptors (Lipinski definition) is 3. The zero-order chi connectivity index (χ0) is 13.8. The Kier molecular flexibility index (Phi) is 4.43. The van der Waals surface area contributed by atoms with Gasteiger partial charge in [-0.1, -0.05) is 6.07 Å². The summed E-state index contributed by atoms with van der Waals surface area (Å²) in [7, 11) is 1.63. The molecule has 0 heterocycles. The van der Waals surface area contributed by atoms with Crippen LogP contribution in [0.4, 0.5) is 0 Å². The minimum absolute atomic E-state index is 0.0341. The summed E-state index contributed by atoms with van der Waals surface area (Å²) in [6.07, 6.45) is 2.39. The molecule has 0 aromatic heterocycles. The van der Waals surface area contributed by atoms with Crippen molar-refractivity contribution in [1.29, 1.82) is 0 Å². The topological polar surface area (TPSA) is 58.6 Å². The lowest BCUT2D eigenvalue weighted by atomic mass is 10.0. The largest absolute Gasteiger partial charge is 0.496 e. The maximum atomic E-state index is 11.6. The van der Waals surface area contributed by atoms with Gasteiger partial charge in [-0.05, 0) is 49.4 Å². The van der Waals surface area contributed by atoms with Crippen molar-refractivity contribution in [2.24, 2.45) is 0 Å². The third kappa shape index (κ3) is 3.96. The summed E-state index contributed by atoms with van der Waals surface area (Å²) in [6, 6.07) is 5.98. The van der Waals surface area contributed by atoms with Gasteiger partial charge in [0.25, 0.3) is 0 Å². The highest BCUT2D eigenvalue weighted by Crippen LogP contribution is 2.25. The van der Waals surface area contributed by atoms with Gasteiger partial charge in [0.1, 0.15) is 5.75 Å². The van der Waals surface area contributed by atoms with Crippen molar-refractivity contribution in [2.45, 2.75) is 44.8 Å². The van der Waals surface area contributed by atoms with E-state index in [1.54, 1.807) is 7.11 Å². The van der Waals surface area contributed by atoms with Crippen LogP contribution in [0.5, 0.6) is 5.75 Å². The van der Waals surface area contributed by atoms with Gasteiger partial charge < -0.3 is 15.2 Å². The van der Waals surface area contributed by atoms with Crippen LogP contribution in [0.2, 0.25) is 0 Å². The first-order valence-electron chi connectivity index (χ1n) is 6.72. The van der Waals surface area contributed by atoms with Gasteiger partial charge in [0.15, 0.2) is 0 Å². The van der Waals surface area contributed by atoms with Crippen LogP contribution in [-0.2, 0) is 4.79 Å². The molecule has 1 aromatic rings. The summed E-state index contributed by atoms with van der Waals surface area (Å²) >= 11 is 0. The Hall–Kier alpha value is -1.55. The van der Waals surface area contributed by atoms with Crippen LogP contribution in [0.25, 0.3) is 0 Å². The molecule has 1 aliphatic rings. The average Bonchev–Trinajstić information content (AvgIpc) is 3.19. The molecular weight excluding hydrogens is 242 g/mol. The molecule has 19 heavy (non-hydrogen) atoms. The SMILES string of the molecule is COc1ccc(C(O)CCC(=O)NC2CC2)cc1C. The average molecular weight is 263 g/mol. The van der Waals surface area contributed by atoms with Crippen LogP contribution in [0, 0.1) is 6.92 Å². The molecule has 104 valence electrons. The molecule has 1 fully saturated rings. The number of methoxy groups -OCH3 is 1. The van der Waals surface area contributed by atoms with Crippen molar-refractivity contribution in [3.05, 3.63) is 29.3 Å². The fraction of sp³-hybridized carbons (Fsp3) is 0.533. The predicted octanol–water partition coefficient (Wildman–Crippen LogP) is 2.10. The number of ether oxygens (including phenoxy) is 1. The lowest BCUT2D eigenvalue weighted by Gasteiger charge is -2.13. The summed E-state index contributed by atoms with van der Waals surface area (Å²) in [5, 5.41) is 13.0. The molecule has 1 atom stereocenters. The second kappa shape index (κ2) is 6.06. The lowest BCUT2D eigenvalue weighted by molar-refractivity contribution is -0.121. The van der Waals surface area contributed by atoms with Crippen molar-refractivity contribution >= 4 is 5.91 Å². The molecule has 0 saturated heterocycles. The van der Waals surface area contributed by atoms with Gasteiger partial charge in [-0.25, -0.2) is 0 Å². The smallest absolute Gasteiger partial charge is 0.220 e. The molecule has 1 aromatic carbocycles. The maximum absolute atomic E-state index is 11.6. The molecule has 1 unspecified atom stereocenters. The Balaban J connectivity index is 1.86. The maximum Gasteiger partial charge on any atom is 0.220 e. The third-order valence-corrected chi connectivity index (χ3v) is 3.39. The molecule has 0 spiro atoms. The standard InChI is InChI=1S/C15H21NO3/c1-10-9-11(3-7-14(10)19-2)13(17)6-8-15(18)16-12-4-5-12/h3,7,9,12-13,17H,4-6,8H2,1-2H3,(H,16,18). The van der Waals surface area contributed by atoms with Gasteiger partial charge in [0, 0.05) is 12.5 Å². The Labute approximate surface area is 113 Å². The Morgan fingerprint density at radius 2 is 2.26 bits per heavy atom. The van der Waals surface area contributed by atoms with E-state index in [0.717, 1.165) is 29.7 Å². The number of carbonyl (C=O) groups is 1. The number of benzene rings is 1. The number of amides is 1. The normalized spacial score (nSPS) is 15.9. The molecular formula is C15H21NO3. The van der Waals surface area contributed by atoms with Crippen molar-refractivity contribution in [2.75, 3.05) is 7.11 Å². The van der Waals surface area contributed by atoms with E-state index in [0.29, 0.717) is 18.9 Å². The highest BCUT2D eigenvalue weighted by atomic mass is 16.5. The second-order valence-corrected chi connectivity index (χ2v) is 5.13. The minimum atomic E-state index is -0.602. The molecule has 4 nitrogen and oxygen atoms in total. The number of aliphatic hydroxyl groups excluding tert-OH is 1. The zero-order valence-corrected chi connectivity index (χ0v) is 11.5. The first-order valence-corrected chi connectivity index (χ1v) is 6.72. The lowest BCUT2D eigenvalue weighted by Crippen LogP contribution is -2.25. The molecule has 4 heteroatoms. The van der Waals surface area contributed by atoms with Gasteiger partial charge in [0.05, 0.1) is 13.2 Å². The summed E-state index contributed by atoms with van der Waals surface area (Å²) < 4.78 is 5.18. The summed E-state index contributed by atoms with van der Waals surface area (Å²) in [5.41, 5.74) is 1.82. The Morgan fingerprint density at radius 3 is 2.84 bits per heavy atom. The molecule has 0 radical (unpaired) electrons. The van der Waals surface area contributed by atoms with Crippen LogP contribution < -0.4 is 10.1 Å². The van der Waals surface area contributed by atoms with E-state index in [4.69, 9.17) is 4.74 Å². The van der Waals surface area contributed by atoms with Gasteiger partial charge >= 0.3 is 0 Å². The number of aryl methyl sites for hydroxylation is 1. The van der Waals surface area contributed by atoms with E-state index < -0.39 is 6.10 Å². The van der Waals surface area contributed by atoms with Crippen molar-refractivity contribution in [3.8, 4) is 5.75 Å². The van der Waals surface area contributed by atoms with Gasteiger partial charge in [-0.2, -0.15) is 0 Å². The van der Waals surface area contributed by atoms with Crippen LogP contribution in [0.15, 0.2) is 18.2 Å². The van der Waals surface area contributed by atoms with E-state index in [1.807, 2.05) is 25.1 Å². The minimum Gasteiger partial charge on any atom is -0.496 e. The van der Waals surface area contributed by atoms with Gasteiger partial charge in [-0.3, -0.25) is 4.79 Å². The summed E-state index contributed by atoms with van der Waals surface area (Å²) in [5.74, 6) is 0.842. The second-order valence-electron chi connectivity index (χ2n) is 5.13. The Morgan fingerprint density at radius 1 is 1.53 bits per heavy atom. The molecule has 0 aliphatic heterocycles. The number of hydrogen-bond donors (Lipinski definition) is 2. The van der Waals surface area contributed by atoms with Crippen LogP contribution in [0.3, 0.4) is 0 Å². The number of aliphatic hydroxyl groups is 1. The van der Waals surface area contributed by atoms with E-state index >= 15 is 0 Å². The molecule has 1 aliphatic carbocycles. The number of carbonyl (C=O) groups excluding carboxylic acids is 1. The quantitative estimate of drug-likeness (QED) is 0.826.